The Labute approximate surface area is 164 Å². The first-order chi connectivity index (χ1) is 13.2. The third-order valence-electron chi connectivity index (χ3n) is 4.52. The third kappa shape index (κ3) is 3.93. The first kappa shape index (κ1) is 20.0. The van der Waals surface area contributed by atoms with Crippen molar-refractivity contribution in [1.82, 2.24) is 9.55 Å². The number of nitrogens with zero attached hydrogens (tertiary/aromatic N) is 2. The van der Waals surface area contributed by atoms with Crippen LogP contribution in [0.1, 0.15) is 27.3 Å². The second-order valence-electron chi connectivity index (χ2n) is 6.55. The van der Waals surface area contributed by atoms with Gasteiger partial charge in [-0.2, -0.15) is 8.42 Å². The monoisotopic (exact) mass is 402 g/mol. The molecule has 8 heteroatoms. The summed E-state index contributed by atoms with van der Waals surface area (Å²) in [4.78, 5) is 16.5. The van der Waals surface area contributed by atoms with Crippen LogP contribution in [0.25, 0.3) is 11.0 Å². The molecule has 148 valence electrons. The molecule has 0 amide bonds. The maximum Gasteiger partial charge on any atom is 0.337 e. The lowest BCUT2D eigenvalue weighted by Gasteiger charge is -2.10. The minimum Gasteiger partial charge on any atom is -0.465 e. The third-order valence-corrected chi connectivity index (χ3v) is 5.85. The highest BCUT2D eigenvalue weighted by atomic mass is 32.2. The summed E-state index contributed by atoms with van der Waals surface area (Å²) < 4.78 is 36.5. The van der Waals surface area contributed by atoms with Crippen LogP contribution < -0.4 is 0 Å². The molecule has 7 nitrogen and oxygen atoms in total. The summed E-state index contributed by atoms with van der Waals surface area (Å²) in [5.74, 6) is 0.269. The van der Waals surface area contributed by atoms with Crippen LogP contribution in [0.5, 0.6) is 0 Å². The average molecular weight is 402 g/mol. The number of hydrogen-bond acceptors (Lipinski definition) is 6. The standard InChI is InChI=1S/C20H22N2O5S/c1-13-5-7-17(8-6-13)28(24,25)27-10-9-22-15(3)21-19-14(2)11-16(12-18(19)22)20(23)26-4/h5-8,11-12H,9-10H2,1-4H3. The second-order valence-corrected chi connectivity index (χ2v) is 8.17. The van der Waals surface area contributed by atoms with Gasteiger partial charge < -0.3 is 9.30 Å². The van der Waals surface area contributed by atoms with Gasteiger partial charge in [0.05, 0.1) is 35.2 Å². The Morgan fingerprint density at radius 1 is 1.11 bits per heavy atom. The van der Waals surface area contributed by atoms with Crippen LogP contribution in [0.15, 0.2) is 41.3 Å². The van der Waals surface area contributed by atoms with Crippen molar-refractivity contribution in [3.05, 3.63) is 58.9 Å². The minimum atomic E-state index is -3.84. The van der Waals surface area contributed by atoms with E-state index in [0.717, 1.165) is 22.2 Å². The molecule has 0 unspecified atom stereocenters. The molecule has 0 saturated carbocycles. The molecule has 0 bridgehead atoms. The molecule has 3 rings (SSSR count). The molecule has 0 saturated heterocycles. The van der Waals surface area contributed by atoms with Gasteiger partial charge in [-0.25, -0.2) is 9.78 Å². The zero-order valence-corrected chi connectivity index (χ0v) is 17.0. The predicted octanol–water partition coefficient (Wildman–Crippen LogP) is 3.15. The van der Waals surface area contributed by atoms with E-state index in [4.69, 9.17) is 8.92 Å². The number of carbonyl (C=O) groups excluding carboxylic acids is 1. The van der Waals surface area contributed by atoms with Gasteiger partial charge >= 0.3 is 5.97 Å². The fraction of sp³-hybridized carbons (Fsp3) is 0.300. The Bertz CT molecular complexity index is 1130. The predicted molar refractivity (Wildman–Crippen MR) is 105 cm³/mol. The van der Waals surface area contributed by atoms with Gasteiger partial charge in [-0.1, -0.05) is 17.7 Å². The highest BCUT2D eigenvalue weighted by Gasteiger charge is 2.17. The molecular formula is C20H22N2O5S. The van der Waals surface area contributed by atoms with Gasteiger partial charge in [0.25, 0.3) is 10.1 Å². The number of aryl methyl sites for hydroxylation is 3. The molecule has 0 spiro atoms. The number of hydrogen-bond donors (Lipinski definition) is 0. The Hall–Kier alpha value is -2.71. The number of carbonyl (C=O) groups is 1. The molecule has 1 heterocycles. The molecule has 0 atom stereocenters. The van der Waals surface area contributed by atoms with Gasteiger partial charge in [0.15, 0.2) is 0 Å². The number of ether oxygens (including phenoxy) is 1. The number of aromatic nitrogens is 2. The largest absolute Gasteiger partial charge is 0.465 e. The summed E-state index contributed by atoms with van der Waals surface area (Å²) in [6, 6.07) is 9.91. The molecule has 28 heavy (non-hydrogen) atoms. The molecule has 1 aromatic heterocycles. The van der Waals surface area contributed by atoms with Crippen LogP contribution in [0.3, 0.4) is 0 Å². The van der Waals surface area contributed by atoms with E-state index >= 15 is 0 Å². The number of imidazole rings is 1. The van der Waals surface area contributed by atoms with Gasteiger partial charge in [0.2, 0.25) is 0 Å². The molecule has 0 radical (unpaired) electrons. The Morgan fingerprint density at radius 3 is 2.43 bits per heavy atom. The highest BCUT2D eigenvalue weighted by Crippen LogP contribution is 2.23. The van der Waals surface area contributed by atoms with E-state index in [2.05, 4.69) is 4.98 Å². The number of fused-ring (bicyclic) bond motifs is 1. The Balaban J connectivity index is 1.84. The summed E-state index contributed by atoms with van der Waals surface area (Å²) in [5, 5.41) is 0. The van der Waals surface area contributed by atoms with Crippen molar-refractivity contribution in [2.24, 2.45) is 0 Å². The first-order valence-electron chi connectivity index (χ1n) is 8.75. The molecule has 0 aliphatic carbocycles. The molecule has 0 N–H and O–H groups in total. The van der Waals surface area contributed by atoms with E-state index < -0.39 is 16.1 Å². The maximum atomic E-state index is 12.3. The van der Waals surface area contributed by atoms with Gasteiger partial charge in [0, 0.05) is 6.54 Å². The molecule has 3 aromatic rings. The zero-order chi connectivity index (χ0) is 20.5. The van der Waals surface area contributed by atoms with E-state index in [9.17, 15) is 13.2 Å². The Morgan fingerprint density at radius 2 is 1.79 bits per heavy atom. The minimum absolute atomic E-state index is 0.0516. The van der Waals surface area contributed by atoms with Crippen molar-refractivity contribution in [2.75, 3.05) is 13.7 Å². The smallest absolute Gasteiger partial charge is 0.337 e. The average Bonchev–Trinajstić information content (AvgIpc) is 2.97. The van der Waals surface area contributed by atoms with Gasteiger partial charge in [-0.05, 0) is 50.6 Å². The van der Waals surface area contributed by atoms with E-state index in [1.165, 1.54) is 19.2 Å². The molecule has 2 aromatic carbocycles. The molecular weight excluding hydrogens is 380 g/mol. The summed E-state index contributed by atoms with van der Waals surface area (Å²) in [5.41, 5.74) is 3.71. The van der Waals surface area contributed by atoms with Crippen LogP contribution in [0.2, 0.25) is 0 Å². The number of esters is 1. The van der Waals surface area contributed by atoms with Crippen LogP contribution in [0.4, 0.5) is 0 Å². The van der Waals surface area contributed by atoms with E-state index in [0.29, 0.717) is 11.4 Å². The number of methoxy groups -OCH3 is 1. The SMILES string of the molecule is COC(=O)c1cc(C)c2nc(C)n(CCOS(=O)(=O)c3ccc(C)cc3)c2c1. The lowest BCUT2D eigenvalue weighted by atomic mass is 10.1. The fourth-order valence-electron chi connectivity index (χ4n) is 3.04. The topological polar surface area (TPSA) is 87.5 Å². The summed E-state index contributed by atoms with van der Waals surface area (Å²) in [7, 11) is -2.51. The summed E-state index contributed by atoms with van der Waals surface area (Å²) >= 11 is 0. The lowest BCUT2D eigenvalue weighted by Crippen LogP contribution is -2.13. The van der Waals surface area contributed by atoms with Crippen molar-refractivity contribution in [3.63, 3.8) is 0 Å². The van der Waals surface area contributed by atoms with Crippen molar-refractivity contribution in [3.8, 4) is 0 Å². The number of benzene rings is 2. The molecule has 0 aliphatic heterocycles. The van der Waals surface area contributed by atoms with E-state index in [1.54, 1.807) is 24.3 Å². The number of rotatable bonds is 6. The highest BCUT2D eigenvalue weighted by molar-refractivity contribution is 7.86. The van der Waals surface area contributed by atoms with Gasteiger partial charge in [-0.15, -0.1) is 0 Å². The zero-order valence-electron chi connectivity index (χ0n) is 16.2. The molecule has 0 aliphatic rings. The van der Waals surface area contributed by atoms with Gasteiger partial charge in [0.1, 0.15) is 5.82 Å². The van der Waals surface area contributed by atoms with Crippen LogP contribution in [-0.4, -0.2) is 37.7 Å². The Kier molecular flexibility index (Phi) is 5.53. The normalized spacial score (nSPS) is 11.7. The first-order valence-corrected chi connectivity index (χ1v) is 10.2. The quantitative estimate of drug-likeness (QED) is 0.465. The van der Waals surface area contributed by atoms with E-state index in [1.807, 2.05) is 25.3 Å². The van der Waals surface area contributed by atoms with Crippen LogP contribution >= 0.6 is 0 Å². The fourth-order valence-corrected chi connectivity index (χ4v) is 3.94. The summed E-state index contributed by atoms with van der Waals surface area (Å²) in [6.07, 6.45) is 0. The van der Waals surface area contributed by atoms with Crippen LogP contribution in [0, 0.1) is 20.8 Å². The van der Waals surface area contributed by atoms with Crippen molar-refractivity contribution in [1.29, 1.82) is 0 Å². The van der Waals surface area contributed by atoms with Crippen LogP contribution in [-0.2, 0) is 25.6 Å². The van der Waals surface area contributed by atoms with Crippen molar-refractivity contribution >= 4 is 27.1 Å². The molecule has 0 fully saturated rings. The lowest BCUT2D eigenvalue weighted by molar-refractivity contribution is 0.0600. The van der Waals surface area contributed by atoms with Crippen molar-refractivity contribution in [2.45, 2.75) is 32.2 Å². The maximum absolute atomic E-state index is 12.3. The van der Waals surface area contributed by atoms with Gasteiger partial charge in [-0.3, -0.25) is 4.18 Å². The van der Waals surface area contributed by atoms with E-state index in [-0.39, 0.29) is 18.0 Å². The summed E-state index contributed by atoms with van der Waals surface area (Å²) in [6.45, 7) is 5.80. The van der Waals surface area contributed by atoms with Crippen molar-refractivity contribution < 1.29 is 22.1 Å². The second kappa shape index (κ2) is 7.73.